The monoisotopic (exact) mass is 581 g/mol. The van der Waals surface area contributed by atoms with Gasteiger partial charge in [0.25, 0.3) is 0 Å². The van der Waals surface area contributed by atoms with Crippen molar-refractivity contribution < 1.29 is 44.2 Å². The number of esters is 1. The number of carbonyl (C=O) groups excluding carboxylic acids is 2. The standard InChI is InChI=1S/C31H51NO9/c1-8-23(34)21(5)28-24(39-28)18-30(6,37)15-10-11-19(3)27-20(4)12-13-25(40-29(36)32-9-2)31(7,38)16-14-22(33)17-26(35)41-27/h10-13,15,20-25,27-28,33-34,37-38H,8-9,14,16-18H2,1-7H3,(H,32,36)/b13-12+,15-10+,19-11+. The highest BCUT2D eigenvalue weighted by molar-refractivity contribution is 5.70. The minimum absolute atomic E-state index is 0.00881. The van der Waals surface area contributed by atoms with Gasteiger partial charge in [-0.15, -0.1) is 0 Å². The van der Waals surface area contributed by atoms with Crippen molar-refractivity contribution in [2.45, 2.75) is 128 Å². The molecule has 41 heavy (non-hydrogen) atoms. The van der Waals surface area contributed by atoms with E-state index in [9.17, 15) is 30.0 Å². The van der Waals surface area contributed by atoms with Crippen molar-refractivity contribution in [3.05, 3.63) is 36.0 Å². The molecule has 5 N–H and O–H groups in total. The van der Waals surface area contributed by atoms with Gasteiger partial charge in [0.15, 0.2) is 6.10 Å². The predicted octanol–water partition coefficient (Wildman–Crippen LogP) is 3.32. The Bertz CT molecular complexity index is 957. The summed E-state index contributed by atoms with van der Waals surface area (Å²) in [5.74, 6) is -0.948. The molecule has 10 heteroatoms. The van der Waals surface area contributed by atoms with Crippen LogP contribution in [-0.4, -0.2) is 86.9 Å². The van der Waals surface area contributed by atoms with Gasteiger partial charge in [-0.25, -0.2) is 4.79 Å². The lowest BCUT2D eigenvalue weighted by molar-refractivity contribution is -0.151. The van der Waals surface area contributed by atoms with Crippen LogP contribution in [0.5, 0.6) is 0 Å². The molecule has 10 unspecified atom stereocenters. The van der Waals surface area contributed by atoms with E-state index in [1.165, 1.54) is 6.92 Å². The highest BCUT2D eigenvalue weighted by Crippen LogP contribution is 2.37. The van der Waals surface area contributed by atoms with Crippen molar-refractivity contribution in [2.24, 2.45) is 11.8 Å². The molecule has 0 saturated carbocycles. The average molecular weight is 582 g/mol. The van der Waals surface area contributed by atoms with Gasteiger partial charge in [0.2, 0.25) is 0 Å². The maximum Gasteiger partial charge on any atom is 0.407 e. The number of epoxide rings is 1. The first-order valence-corrected chi connectivity index (χ1v) is 14.7. The van der Waals surface area contributed by atoms with E-state index >= 15 is 0 Å². The van der Waals surface area contributed by atoms with Gasteiger partial charge < -0.3 is 40.0 Å². The molecule has 234 valence electrons. The van der Waals surface area contributed by atoms with Gasteiger partial charge in [-0.2, -0.15) is 0 Å². The van der Waals surface area contributed by atoms with E-state index < -0.39 is 47.7 Å². The van der Waals surface area contributed by atoms with E-state index in [1.54, 1.807) is 51.2 Å². The van der Waals surface area contributed by atoms with Crippen LogP contribution in [0.1, 0.15) is 80.6 Å². The number of carbonyl (C=O) groups is 2. The minimum Gasteiger partial charge on any atom is -0.457 e. The Labute approximate surface area is 244 Å². The number of aliphatic hydroxyl groups excluding tert-OH is 2. The lowest BCUT2D eigenvalue weighted by Gasteiger charge is -2.32. The van der Waals surface area contributed by atoms with Crippen LogP contribution >= 0.6 is 0 Å². The summed E-state index contributed by atoms with van der Waals surface area (Å²) in [6.07, 6.45) is 5.39. The van der Waals surface area contributed by atoms with Gasteiger partial charge in [0.05, 0.1) is 36.4 Å². The first-order chi connectivity index (χ1) is 19.1. The molecule has 2 rings (SSSR count). The topological polar surface area (TPSA) is 158 Å². The second-order valence-electron chi connectivity index (χ2n) is 12.1. The molecule has 0 radical (unpaired) electrons. The van der Waals surface area contributed by atoms with Gasteiger partial charge >= 0.3 is 12.1 Å². The summed E-state index contributed by atoms with van der Waals surface area (Å²) in [5, 5.41) is 45.0. The number of nitrogens with one attached hydrogen (secondary N) is 1. The average Bonchev–Trinajstić information content (AvgIpc) is 3.64. The van der Waals surface area contributed by atoms with E-state index in [0.717, 1.165) is 0 Å². The van der Waals surface area contributed by atoms with Gasteiger partial charge in [0, 0.05) is 24.8 Å². The molecule has 10 atom stereocenters. The summed E-state index contributed by atoms with van der Waals surface area (Å²) >= 11 is 0. The van der Waals surface area contributed by atoms with E-state index in [2.05, 4.69) is 5.32 Å². The van der Waals surface area contributed by atoms with Crippen LogP contribution in [0.2, 0.25) is 0 Å². The normalized spacial score (nSPS) is 35.3. The second kappa shape index (κ2) is 15.3. The quantitative estimate of drug-likeness (QED) is 0.113. The van der Waals surface area contributed by atoms with Crippen LogP contribution in [0.4, 0.5) is 4.79 Å². The number of allylic oxidation sites excluding steroid dienone is 2. The zero-order valence-corrected chi connectivity index (χ0v) is 25.6. The molecule has 0 bridgehead atoms. The molecule has 1 saturated heterocycles. The zero-order chi connectivity index (χ0) is 31.0. The molecule has 10 nitrogen and oxygen atoms in total. The van der Waals surface area contributed by atoms with Crippen LogP contribution in [0.3, 0.4) is 0 Å². The summed E-state index contributed by atoms with van der Waals surface area (Å²) < 4.78 is 17.0. The second-order valence-corrected chi connectivity index (χ2v) is 12.1. The van der Waals surface area contributed by atoms with E-state index in [1.807, 2.05) is 20.8 Å². The van der Waals surface area contributed by atoms with Crippen LogP contribution in [0, 0.1) is 11.8 Å². The van der Waals surface area contributed by atoms with Crippen LogP contribution < -0.4 is 5.32 Å². The fourth-order valence-corrected chi connectivity index (χ4v) is 5.10. The summed E-state index contributed by atoms with van der Waals surface area (Å²) in [5.41, 5.74) is -1.93. The maximum atomic E-state index is 12.7. The maximum absolute atomic E-state index is 12.7. The number of cyclic esters (lactones) is 1. The molecule has 1 fully saturated rings. The summed E-state index contributed by atoms with van der Waals surface area (Å²) in [4.78, 5) is 24.8. The number of aliphatic hydroxyl groups is 4. The number of amides is 1. The van der Waals surface area contributed by atoms with E-state index in [-0.39, 0.29) is 43.3 Å². The molecular formula is C31H51NO9. The third-order valence-corrected chi connectivity index (χ3v) is 7.92. The van der Waals surface area contributed by atoms with Crippen molar-refractivity contribution >= 4 is 12.1 Å². The summed E-state index contributed by atoms with van der Waals surface area (Å²) in [6.45, 7) is 12.9. The molecule has 0 aromatic rings. The minimum atomic E-state index is -1.48. The zero-order valence-electron chi connectivity index (χ0n) is 25.6. The lowest BCUT2D eigenvalue weighted by Crippen LogP contribution is -2.44. The Hall–Kier alpha value is -2.24. The Kier molecular flexibility index (Phi) is 13.0. The van der Waals surface area contributed by atoms with Crippen molar-refractivity contribution in [1.82, 2.24) is 5.32 Å². The number of rotatable bonds is 10. The molecular weight excluding hydrogens is 530 g/mol. The third kappa shape index (κ3) is 11.2. The van der Waals surface area contributed by atoms with E-state index in [4.69, 9.17) is 14.2 Å². The summed E-state index contributed by atoms with van der Waals surface area (Å²) in [7, 11) is 0. The lowest BCUT2D eigenvalue weighted by atomic mass is 9.88. The molecule has 2 aliphatic rings. The Morgan fingerprint density at radius 3 is 2.66 bits per heavy atom. The summed E-state index contributed by atoms with van der Waals surface area (Å²) in [6, 6.07) is 0. The van der Waals surface area contributed by atoms with Crippen molar-refractivity contribution in [2.75, 3.05) is 6.54 Å². The molecule has 0 spiro atoms. The van der Waals surface area contributed by atoms with Crippen LogP contribution in [0.25, 0.3) is 0 Å². The predicted molar refractivity (Wildman–Crippen MR) is 155 cm³/mol. The Balaban J connectivity index is 2.20. The van der Waals surface area contributed by atoms with E-state index in [0.29, 0.717) is 25.0 Å². The van der Waals surface area contributed by atoms with Crippen molar-refractivity contribution in [1.29, 1.82) is 0 Å². The van der Waals surface area contributed by atoms with Gasteiger partial charge in [-0.1, -0.05) is 45.1 Å². The molecule has 0 aromatic carbocycles. The first-order valence-electron chi connectivity index (χ1n) is 14.7. The largest absolute Gasteiger partial charge is 0.457 e. The SMILES string of the molecule is CCNC(=O)OC1/C=C/C(C)C(/C(C)=C/C=C/C(C)(O)CC2OC2C(C)C(O)CC)OC(=O)CC(O)CCC1(C)O. The van der Waals surface area contributed by atoms with Crippen molar-refractivity contribution in [3.63, 3.8) is 0 Å². The number of hydrogen-bond acceptors (Lipinski definition) is 9. The molecule has 2 aliphatic heterocycles. The fourth-order valence-electron chi connectivity index (χ4n) is 5.10. The first kappa shape index (κ1) is 35.0. The Morgan fingerprint density at radius 1 is 1.34 bits per heavy atom. The van der Waals surface area contributed by atoms with Crippen molar-refractivity contribution in [3.8, 4) is 0 Å². The molecule has 2 heterocycles. The number of hydrogen-bond donors (Lipinski definition) is 5. The van der Waals surface area contributed by atoms with Gasteiger partial charge in [-0.05, 0) is 58.6 Å². The molecule has 0 aliphatic carbocycles. The van der Waals surface area contributed by atoms with Gasteiger partial charge in [-0.3, -0.25) is 4.79 Å². The van der Waals surface area contributed by atoms with Gasteiger partial charge in [0.1, 0.15) is 11.7 Å². The third-order valence-electron chi connectivity index (χ3n) is 7.92. The molecule has 1 amide bonds. The van der Waals surface area contributed by atoms with Crippen LogP contribution in [0.15, 0.2) is 36.0 Å². The smallest absolute Gasteiger partial charge is 0.407 e. The highest BCUT2D eigenvalue weighted by atomic mass is 16.6. The number of ether oxygens (including phenoxy) is 3. The fraction of sp³-hybridized carbons (Fsp3) is 0.742. The molecule has 0 aromatic heterocycles. The van der Waals surface area contributed by atoms with Crippen LogP contribution in [-0.2, 0) is 19.0 Å². The Morgan fingerprint density at radius 2 is 2.02 bits per heavy atom. The number of alkyl carbamates (subject to hydrolysis) is 1. The highest BCUT2D eigenvalue weighted by Gasteiger charge is 2.47.